The van der Waals surface area contributed by atoms with Gasteiger partial charge in [0, 0.05) is 6.42 Å². The van der Waals surface area contributed by atoms with Gasteiger partial charge < -0.3 is 0 Å². The van der Waals surface area contributed by atoms with Crippen LogP contribution in [0, 0.1) is 6.92 Å². The van der Waals surface area contributed by atoms with Gasteiger partial charge in [-0.05, 0) is 19.4 Å². The molecule has 0 aromatic heterocycles. The van der Waals surface area contributed by atoms with Crippen molar-refractivity contribution in [3.8, 4) is 0 Å². The van der Waals surface area contributed by atoms with Gasteiger partial charge in [0.05, 0.1) is 0 Å². The Kier molecular flexibility index (Phi) is 2.85. The summed E-state index contributed by atoms with van der Waals surface area (Å²) in [5.74, 6) is -0.979. The van der Waals surface area contributed by atoms with Crippen molar-refractivity contribution in [3.63, 3.8) is 0 Å². The Morgan fingerprint density at radius 2 is 1.89 bits per heavy atom. The van der Waals surface area contributed by atoms with E-state index in [2.05, 4.69) is 13.5 Å². The minimum atomic E-state index is -0.509. The highest BCUT2D eigenvalue weighted by Crippen LogP contribution is 1.93. The molecule has 2 heteroatoms. The average Bonchev–Trinajstić information content (AvgIpc) is 1.84. The number of ketones is 2. The van der Waals surface area contributed by atoms with E-state index in [1.54, 1.807) is 0 Å². The maximum Gasteiger partial charge on any atom is 0.223 e. The fourth-order valence-corrected chi connectivity index (χ4v) is 0.352. The van der Waals surface area contributed by atoms with Gasteiger partial charge in [-0.3, -0.25) is 9.59 Å². The molecule has 1 radical (unpaired) electrons. The monoisotopic (exact) mass is 125 g/mol. The van der Waals surface area contributed by atoms with Crippen molar-refractivity contribution in [2.75, 3.05) is 0 Å². The fraction of sp³-hybridized carbons (Fsp3) is 0.286. The van der Waals surface area contributed by atoms with Gasteiger partial charge in [0.25, 0.3) is 0 Å². The van der Waals surface area contributed by atoms with E-state index in [0.29, 0.717) is 0 Å². The molecule has 0 bridgehead atoms. The molecule has 0 saturated carbocycles. The molecule has 9 heavy (non-hydrogen) atoms. The number of hydrogen-bond acceptors (Lipinski definition) is 2. The molecule has 0 aliphatic carbocycles. The van der Waals surface area contributed by atoms with Crippen molar-refractivity contribution in [2.24, 2.45) is 0 Å². The first-order chi connectivity index (χ1) is 4.09. The van der Waals surface area contributed by atoms with Crippen LogP contribution >= 0.6 is 0 Å². The van der Waals surface area contributed by atoms with E-state index in [1.165, 1.54) is 6.92 Å². The lowest BCUT2D eigenvalue weighted by molar-refractivity contribution is -0.133. The van der Waals surface area contributed by atoms with Gasteiger partial charge in [-0.25, -0.2) is 0 Å². The van der Waals surface area contributed by atoms with Crippen LogP contribution < -0.4 is 0 Å². The second-order valence-corrected chi connectivity index (χ2v) is 1.78. The predicted octanol–water partition coefficient (Wildman–Crippen LogP) is 0.925. The molecule has 49 valence electrons. The molecule has 0 rings (SSSR count). The highest BCUT2D eigenvalue weighted by molar-refractivity contribution is 6.43. The third kappa shape index (κ3) is 2.22. The molecule has 0 unspecified atom stereocenters. The molecule has 0 aromatic rings. The van der Waals surface area contributed by atoms with Crippen molar-refractivity contribution in [2.45, 2.75) is 13.3 Å². The zero-order chi connectivity index (χ0) is 7.44. The molecule has 0 amide bonds. The van der Waals surface area contributed by atoms with Crippen LogP contribution in [0.4, 0.5) is 0 Å². The van der Waals surface area contributed by atoms with E-state index in [4.69, 9.17) is 0 Å². The first-order valence-electron chi connectivity index (χ1n) is 2.62. The third-order valence-electron chi connectivity index (χ3n) is 0.868. The molecule has 0 aliphatic rings. The van der Waals surface area contributed by atoms with Gasteiger partial charge in [0.2, 0.25) is 11.6 Å². The summed E-state index contributed by atoms with van der Waals surface area (Å²) >= 11 is 0. The fourth-order valence-electron chi connectivity index (χ4n) is 0.352. The van der Waals surface area contributed by atoms with Gasteiger partial charge in [0.15, 0.2) is 0 Å². The van der Waals surface area contributed by atoms with Gasteiger partial charge >= 0.3 is 0 Å². The maximum absolute atomic E-state index is 10.6. The molecule has 0 heterocycles. The summed E-state index contributed by atoms with van der Waals surface area (Å²) in [6, 6.07) is 0. The number of allylic oxidation sites excluding steroid dienone is 1. The van der Waals surface area contributed by atoms with Gasteiger partial charge in [-0.2, -0.15) is 0 Å². The molecule has 0 fully saturated rings. The lowest BCUT2D eigenvalue weighted by Gasteiger charge is -1.91. The Morgan fingerprint density at radius 1 is 1.44 bits per heavy atom. The Bertz CT molecular complexity index is 156. The van der Waals surface area contributed by atoms with Crippen LogP contribution in [0.3, 0.4) is 0 Å². The lowest BCUT2D eigenvalue weighted by atomic mass is 10.1. The molecule has 0 N–H and O–H groups in total. The first-order valence-corrected chi connectivity index (χ1v) is 2.62. The topological polar surface area (TPSA) is 34.1 Å². The van der Waals surface area contributed by atoms with Gasteiger partial charge in [-0.1, -0.05) is 6.58 Å². The Balaban J connectivity index is 4.05. The Hall–Kier alpha value is -0.920. The minimum absolute atomic E-state index is 0.0195. The molecule has 0 aromatic carbocycles. The molecular weight excluding hydrogens is 116 g/mol. The van der Waals surface area contributed by atoms with Crippen molar-refractivity contribution in [1.82, 2.24) is 0 Å². The molecule has 0 spiro atoms. The minimum Gasteiger partial charge on any atom is -0.291 e. The number of hydrogen-bond donors (Lipinski definition) is 0. The maximum atomic E-state index is 10.6. The van der Waals surface area contributed by atoms with Crippen molar-refractivity contribution < 1.29 is 9.59 Å². The van der Waals surface area contributed by atoms with Gasteiger partial charge in [-0.15, -0.1) is 0 Å². The van der Waals surface area contributed by atoms with E-state index in [9.17, 15) is 9.59 Å². The Labute approximate surface area is 54.6 Å². The van der Waals surface area contributed by atoms with Crippen LogP contribution in [0.5, 0.6) is 0 Å². The van der Waals surface area contributed by atoms with Crippen LogP contribution in [-0.4, -0.2) is 11.6 Å². The van der Waals surface area contributed by atoms with E-state index < -0.39 is 11.6 Å². The first kappa shape index (κ1) is 8.08. The van der Waals surface area contributed by atoms with E-state index in [0.717, 1.165) is 0 Å². The standard InChI is InChI=1S/C7H9O2/c1-4-6(8)7(9)5(2)3/h1-2,4H2,3H3. The lowest BCUT2D eigenvalue weighted by Crippen LogP contribution is -2.12. The van der Waals surface area contributed by atoms with Crippen LogP contribution in [0.1, 0.15) is 13.3 Å². The smallest absolute Gasteiger partial charge is 0.223 e. The summed E-state index contributed by atoms with van der Waals surface area (Å²) in [4.78, 5) is 21.1. The molecule has 0 atom stereocenters. The highest BCUT2D eigenvalue weighted by atomic mass is 16.2. The van der Waals surface area contributed by atoms with Crippen molar-refractivity contribution >= 4 is 11.6 Å². The quantitative estimate of drug-likeness (QED) is 0.415. The van der Waals surface area contributed by atoms with E-state index >= 15 is 0 Å². The summed E-state index contributed by atoms with van der Waals surface area (Å²) in [5.41, 5.74) is 0.281. The zero-order valence-corrected chi connectivity index (χ0v) is 5.44. The molecule has 0 aliphatic heterocycles. The van der Waals surface area contributed by atoms with Crippen LogP contribution in [0.15, 0.2) is 12.2 Å². The molecule has 2 nitrogen and oxygen atoms in total. The number of carbonyl (C=O) groups is 2. The molecule has 0 saturated heterocycles. The number of Topliss-reactive ketones (excluding diaryl/α,β-unsaturated/α-hetero) is 2. The largest absolute Gasteiger partial charge is 0.291 e. The summed E-state index contributed by atoms with van der Waals surface area (Å²) in [7, 11) is 0. The SMILES string of the molecule is [CH2]CC(=O)C(=O)C(=C)C. The average molecular weight is 125 g/mol. The Morgan fingerprint density at radius 3 is 2.00 bits per heavy atom. The summed E-state index contributed by atoms with van der Waals surface area (Å²) < 4.78 is 0. The second-order valence-electron chi connectivity index (χ2n) is 1.78. The van der Waals surface area contributed by atoms with Crippen molar-refractivity contribution in [1.29, 1.82) is 0 Å². The van der Waals surface area contributed by atoms with E-state index in [-0.39, 0.29) is 12.0 Å². The summed E-state index contributed by atoms with van der Waals surface area (Å²) in [5, 5.41) is 0. The van der Waals surface area contributed by atoms with Crippen LogP contribution in [-0.2, 0) is 9.59 Å². The van der Waals surface area contributed by atoms with E-state index in [1.807, 2.05) is 0 Å². The summed E-state index contributed by atoms with van der Waals surface area (Å²) in [6.45, 7) is 8.11. The summed E-state index contributed by atoms with van der Waals surface area (Å²) in [6.07, 6.45) is 0.0195. The third-order valence-corrected chi connectivity index (χ3v) is 0.868. The van der Waals surface area contributed by atoms with Crippen LogP contribution in [0.2, 0.25) is 0 Å². The molecular formula is C7H9O2. The van der Waals surface area contributed by atoms with Gasteiger partial charge in [0.1, 0.15) is 0 Å². The predicted molar refractivity (Wildman–Crippen MR) is 34.8 cm³/mol. The number of rotatable bonds is 3. The normalized spacial score (nSPS) is 8.67. The van der Waals surface area contributed by atoms with Crippen molar-refractivity contribution in [3.05, 3.63) is 19.1 Å². The van der Waals surface area contributed by atoms with Crippen LogP contribution in [0.25, 0.3) is 0 Å². The number of carbonyl (C=O) groups excluding carboxylic acids is 2. The second kappa shape index (κ2) is 3.17. The zero-order valence-electron chi connectivity index (χ0n) is 5.44. The highest BCUT2D eigenvalue weighted by Gasteiger charge is 2.10.